The number of ketones is 1. The number of hydrogen-bond donors (Lipinski definition) is 2. The van der Waals surface area contributed by atoms with E-state index in [1.54, 1.807) is 27.7 Å². The fourth-order valence-electron chi connectivity index (χ4n) is 3.15. The minimum absolute atomic E-state index is 0.0201. The van der Waals surface area contributed by atoms with Gasteiger partial charge in [-0.2, -0.15) is 0 Å². The number of benzene rings is 1. The minimum Gasteiger partial charge on any atom is -0.463 e. The van der Waals surface area contributed by atoms with Gasteiger partial charge in [-0.1, -0.05) is 30.3 Å². The normalized spacial score (nSPS) is 11.9. The molecule has 1 heterocycles. The summed E-state index contributed by atoms with van der Waals surface area (Å²) in [6, 6.07) is 8.73. The molecule has 0 radical (unpaired) electrons. The number of esters is 1. The van der Waals surface area contributed by atoms with Crippen molar-refractivity contribution in [1.82, 2.24) is 10.3 Å². The molecule has 2 aromatic rings. The zero-order valence-corrected chi connectivity index (χ0v) is 16.4. The van der Waals surface area contributed by atoms with Crippen molar-refractivity contribution >= 4 is 17.7 Å². The summed E-state index contributed by atoms with van der Waals surface area (Å²) in [6.45, 7) is 8.53. The van der Waals surface area contributed by atoms with Crippen molar-refractivity contribution in [3.05, 3.63) is 58.4 Å². The van der Waals surface area contributed by atoms with Crippen LogP contribution in [-0.2, 0) is 9.53 Å². The summed E-state index contributed by atoms with van der Waals surface area (Å²) in [4.78, 5) is 39.8. The van der Waals surface area contributed by atoms with E-state index in [1.807, 2.05) is 30.3 Å². The number of Topliss-reactive ketones (excluding diaryl/α,β-unsaturated/α-hetero) is 1. The van der Waals surface area contributed by atoms with Crippen molar-refractivity contribution in [3.8, 4) is 0 Å². The van der Waals surface area contributed by atoms with Gasteiger partial charge in [-0.25, -0.2) is 0 Å². The molecule has 1 aromatic heterocycles. The molecular formula is C21H26N2O4. The fourth-order valence-corrected chi connectivity index (χ4v) is 3.15. The van der Waals surface area contributed by atoms with Crippen LogP contribution in [0.2, 0.25) is 0 Å². The molecule has 0 spiro atoms. The number of aromatic amines is 1. The van der Waals surface area contributed by atoms with Gasteiger partial charge in [-0.15, -0.1) is 0 Å². The van der Waals surface area contributed by atoms with Crippen molar-refractivity contribution in [3.63, 3.8) is 0 Å². The molecule has 0 aliphatic rings. The highest BCUT2D eigenvalue weighted by Crippen LogP contribution is 2.22. The summed E-state index contributed by atoms with van der Waals surface area (Å²) in [7, 11) is 0. The number of rotatable bonds is 7. The van der Waals surface area contributed by atoms with Crippen LogP contribution in [-0.4, -0.2) is 28.7 Å². The maximum Gasteiger partial charge on any atom is 0.308 e. The topological polar surface area (TPSA) is 88.3 Å². The Morgan fingerprint density at radius 1 is 1.11 bits per heavy atom. The number of nitrogens with one attached hydrogen (secondary N) is 2. The third kappa shape index (κ3) is 5.06. The predicted molar refractivity (Wildman–Crippen MR) is 103 cm³/mol. The highest BCUT2D eigenvalue weighted by molar-refractivity contribution is 6.02. The first-order valence-electron chi connectivity index (χ1n) is 8.96. The van der Waals surface area contributed by atoms with Crippen LogP contribution in [0.1, 0.15) is 70.9 Å². The van der Waals surface area contributed by atoms with Crippen LogP contribution in [0.15, 0.2) is 30.3 Å². The van der Waals surface area contributed by atoms with Gasteiger partial charge in [0.2, 0.25) is 0 Å². The molecule has 1 atom stereocenters. The lowest BCUT2D eigenvalue weighted by Gasteiger charge is -2.19. The van der Waals surface area contributed by atoms with Crippen LogP contribution in [0.3, 0.4) is 0 Å². The molecular weight excluding hydrogens is 344 g/mol. The van der Waals surface area contributed by atoms with Gasteiger partial charge in [0.25, 0.3) is 5.91 Å². The smallest absolute Gasteiger partial charge is 0.308 e. The van der Waals surface area contributed by atoms with E-state index in [-0.39, 0.29) is 30.2 Å². The van der Waals surface area contributed by atoms with Crippen molar-refractivity contribution in [2.24, 2.45) is 0 Å². The van der Waals surface area contributed by atoms with Gasteiger partial charge in [0, 0.05) is 11.3 Å². The Morgan fingerprint density at radius 3 is 2.26 bits per heavy atom. The van der Waals surface area contributed by atoms with Crippen LogP contribution >= 0.6 is 0 Å². The van der Waals surface area contributed by atoms with E-state index in [9.17, 15) is 14.4 Å². The molecule has 0 bridgehead atoms. The average Bonchev–Trinajstić information content (AvgIpc) is 2.89. The standard InChI is InChI=1S/C21H26N2O4/c1-12(2)27-18(25)11-17(16-9-7-6-8-10-16)23-21(26)20-13(3)19(15(5)24)14(4)22-20/h6-10,12,17,22H,11H2,1-5H3,(H,23,26). The van der Waals surface area contributed by atoms with E-state index >= 15 is 0 Å². The van der Waals surface area contributed by atoms with E-state index < -0.39 is 6.04 Å². The summed E-state index contributed by atoms with van der Waals surface area (Å²) in [5.41, 5.74) is 2.92. The second-order valence-electron chi connectivity index (χ2n) is 6.86. The first kappa shape index (κ1) is 20.4. The molecule has 144 valence electrons. The Morgan fingerprint density at radius 2 is 1.74 bits per heavy atom. The highest BCUT2D eigenvalue weighted by atomic mass is 16.5. The molecule has 0 saturated heterocycles. The molecule has 2 rings (SSSR count). The molecule has 27 heavy (non-hydrogen) atoms. The van der Waals surface area contributed by atoms with E-state index in [2.05, 4.69) is 10.3 Å². The van der Waals surface area contributed by atoms with Crippen LogP contribution < -0.4 is 5.32 Å². The van der Waals surface area contributed by atoms with Crippen molar-refractivity contribution in [1.29, 1.82) is 0 Å². The van der Waals surface area contributed by atoms with Gasteiger partial charge in [-0.05, 0) is 45.7 Å². The van der Waals surface area contributed by atoms with Crippen molar-refractivity contribution in [2.45, 2.75) is 53.2 Å². The maximum absolute atomic E-state index is 12.8. The van der Waals surface area contributed by atoms with Gasteiger partial charge < -0.3 is 15.0 Å². The van der Waals surface area contributed by atoms with Crippen LogP contribution in [0.4, 0.5) is 0 Å². The third-order valence-electron chi connectivity index (χ3n) is 4.26. The zero-order chi connectivity index (χ0) is 20.1. The summed E-state index contributed by atoms with van der Waals surface area (Å²) in [5, 5.41) is 2.89. The molecule has 0 aliphatic heterocycles. The van der Waals surface area contributed by atoms with Gasteiger partial charge in [0.05, 0.1) is 18.6 Å². The number of amides is 1. The lowest BCUT2D eigenvalue weighted by atomic mass is 10.0. The molecule has 6 nitrogen and oxygen atoms in total. The summed E-state index contributed by atoms with van der Waals surface area (Å²) < 4.78 is 5.23. The van der Waals surface area contributed by atoms with Crippen LogP contribution in [0, 0.1) is 13.8 Å². The zero-order valence-electron chi connectivity index (χ0n) is 16.4. The molecule has 0 saturated carbocycles. The van der Waals surface area contributed by atoms with Crippen LogP contribution in [0.25, 0.3) is 0 Å². The number of H-pyrrole nitrogens is 1. The van der Waals surface area contributed by atoms with Crippen LogP contribution in [0.5, 0.6) is 0 Å². The second kappa shape index (κ2) is 8.66. The van der Waals surface area contributed by atoms with E-state index in [0.717, 1.165) is 5.56 Å². The number of aromatic nitrogens is 1. The maximum atomic E-state index is 12.8. The van der Waals surface area contributed by atoms with E-state index in [4.69, 9.17) is 4.74 Å². The number of hydrogen-bond acceptors (Lipinski definition) is 4. The SMILES string of the molecule is CC(=O)c1c(C)[nH]c(C(=O)NC(CC(=O)OC(C)C)c2ccccc2)c1C. The Balaban J connectivity index is 2.27. The highest BCUT2D eigenvalue weighted by Gasteiger charge is 2.24. The first-order valence-corrected chi connectivity index (χ1v) is 8.96. The number of carbonyl (C=O) groups is 3. The number of ether oxygens (including phenoxy) is 1. The molecule has 1 aromatic carbocycles. The molecule has 0 fully saturated rings. The lowest BCUT2D eigenvalue weighted by Crippen LogP contribution is -2.31. The number of carbonyl (C=O) groups excluding carboxylic acids is 3. The number of aryl methyl sites for hydroxylation is 1. The first-order chi connectivity index (χ1) is 12.7. The Labute approximate surface area is 159 Å². The molecule has 1 unspecified atom stereocenters. The third-order valence-corrected chi connectivity index (χ3v) is 4.26. The largest absolute Gasteiger partial charge is 0.463 e. The lowest BCUT2D eigenvalue weighted by molar-refractivity contribution is -0.147. The molecule has 2 N–H and O–H groups in total. The van der Waals surface area contributed by atoms with E-state index in [0.29, 0.717) is 22.5 Å². The van der Waals surface area contributed by atoms with Gasteiger partial charge >= 0.3 is 5.97 Å². The minimum atomic E-state index is -0.534. The quantitative estimate of drug-likeness (QED) is 0.575. The molecule has 6 heteroatoms. The fraction of sp³-hybridized carbons (Fsp3) is 0.381. The van der Waals surface area contributed by atoms with Gasteiger partial charge in [0.1, 0.15) is 5.69 Å². The Bertz CT molecular complexity index is 837. The van der Waals surface area contributed by atoms with Crippen molar-refractivity contribution in [2.75, 3.05) is 0 Å². The van der Waals surface area contributed by atoms with Gasteiger partial charge in [-0.3, -0.25) is 14.4 Å². The second-order valence-corrected chi connectivity index (χ2v) is 6.86. The monoisotopic (exact) mass is 370 g/mol. The summed E-state index contributed by atoms with van der Waals surface area (Å²) >= 11 is 0. The summed E-state index contributed by atoms with van der Waals surface area (Å²) in [5.74, 6) is -0.849. The average molecular weight is 370 g/mol. The Kier molecular flexibility index (Phi) is 6.55. The predicted octanol–water partition coefficient (Wildman–Crippen LogP) is 3.65. The molecule has 0 aliphatic carbocycles. The van der Waals surface area contributed by atoms with Gasteiger partial charge in [0.15, 0.2) is 5.78 Å². The summed E-state index contributed by atoms with van der Waals surface area (Å²) in [6.07, 6.45) is -0.206. The molecule has 1 amide bonds. The van der Waals surface area contributed by atoms with E-state index in [1.165, 1.54) is 6.92 Å². The van der Waals surface area contributed by atoms with Crippen molar-refractivity contribution < 1.29 is 19.1 Å². The Hall–Kier alpha value is -2.89.